The van der Waals surface area contributed by atoms with E-state index in [4.69, 9.17) is 10.00 Å². The Morgan fingerprint density at radius 3 is 2.64 bits per heavy atom. The number of ether oxygens (including phenoxy) is 1. The molecule has 0 fully saturated rings. The van der Waals surface area contributed by atoms with Crippen LogP contribution in [0.4, 0.5) is 0 Å². The van der Waals surface area contributed by atoms with Gasteiger partial charge in [0.25, 0.3) is 0 Å². The van der Waals surface area contributed by atoms with Crippen LogP contribution in [0.2, 0.25) is 0 Å². The third-order valence-electron chi connectivity index (χ3n) is 1.96. The maximum absolute atomic E-state index is 8.58. The zero-order valence-corrected chi connectivity index (χ0v) is 8.87. The van der Waals surface area contributed by atoms with Gasteiger partial charge in [-0.1, -0.05) is 6.07 Å². The van der Waals surface area contributed by atoms with Crippen molar-refractivity contribution in [3.63, 3.8) is 0 Å². The second-order valence-electron chi connectivity index (χ2n) is 3.59. The Bertz CT molecular complexity index is 350. The van der Waals surface area contributed by atoms with Crippen molar-refractivity contribution >= 4 is 0 Å². The number of aryl methyl sites for hydroxylation is 1. The quantitative estimate of drug-likeness (QED) is 0.732. The molecule has 0 aromatic heterocycles. The lowest BCUT2D eigenvalue weighted by Crippen LogP contribution is -2.05. The molecule has 0 aliphatic rings. The maximum atomic E-state index is 8.58. The van der Waals surface area contributed by atoms with E-state index in [1.54, 1.807) is 0 Å². The van der Waals surface area contributed by atoms with Gasteiger partial charge in [-0.25, -0.2) is 0 Å². The van der Waals surface area contributed by atoms with Crippen LogP contribution < -0.4 is 4.74 Å². The summed E-state index contributed by atoms with van der Waals surface area (Å²) in [5.74, 6) is 0.874. The standard InChI is InChI=1S/C12H15NO/c1-9(2)14-12-5-4-11(6-7-13)10(3)8-12/h4-5,8-9H,6H2,1-3H3. The third kappa shape index (κ3) is 2.77. The number of benzene rings is 1. The van der Waals surface area contributed by atoms with Gasteiger partial charge in [0.15, 0.2) is 0 Å². The van der Waals surface area contributed by atoms with E-state index in [0.29, 0.717) is 6.42 Å². The number of nitriles is 1. The molecule has 2 heteroatoms. The van der Waals surface area contributed by atoms with Crippen LogP contribution in [0, 0.1) is 18.3 Å². The van der Waals surface area contributed by atoms with E-state index in [1.807, 2.05) is 39.0 Å². The van der Waals surface area contributed by atoms with E-state index in [0.717, 1.165) is 16.9 Å². The van der Waals surface area contributed by atoms with Crippen molar-refractivity contribution in [2.24, 2.45) is 0 Å². The summed E-state index contributed by atoms with van der Waals surface area (Å²) in [5, 5.41) is 8.58. The molecule has 0 aliphatic carbocycles. The molecule has 1 aromatic carbocycles. The lowest BCUT2D eigenvalue weighted by atomic mass is 10.1. The largest absolute Gasteiger partial charge is 0.491 e. The predicted octanol–water partition coefficient (Wildman–Crippen LogP) is 2.85. The highest BCUT2D eigenvalue weighted by atomic mass is 16.5. The molecule has 0 unspecified atom stereocenters. The first-order chi connectivity index (χ1) is 6.63. The minimum atomic E-state index is 0.191. The lowest BCUT2D eigenvalue weighted by Gasteiger charge is -2.11. The van der Waals surface area contributed by atoms with Crippen LogP contribution in [0.25, 0.3) is 0 Å². The van der Waals surface area contributed by atoms with Gasteiger partial charge in [-0.15, -0.1) is 0 Å². The van der Waals surface area contributed by atoms with Crippen molar-refractivity contribution in [1.82, 2.24) is 0 Å². The normalized spacial score (nSPS) is 9.93. The molecule has 0 saturated heterocycles. The van der Waals surface area contributed by atoms with E-state index in [-0.39, 0.29) is 6.10 Å². The zero-order chi connectivity index (χ0) is 10.6. The average Bonchev–Trinajstić information content (AvgIpc) is 2.09. The number of hydrogen-bond donors (Lipinski definition) is 0. The van der Waals surface area contributed by atoms with Crippen LogP contribution >= 0.6 is 0 Å². The second kappa shape index (κ2) is 4.66. The van der Waals surface area contributed by atoms with Crippen LogP contribution in [0.1, 0.15) is 25.0 Å². The fourth-order valence-electron chi connectivity index (χ4n) is 1.30. The Balaban J connectivity index is 2.84. The molecule has 0 aliphatic heterocycles. The summed E-state index contributed by atoms with van der Waals surface area (Å²) >= 11 is 0. The second-order valence-corrected chi connectivity index (χ2v) is 3.59. The van der Waals surface area contributed by atoms with Crippen molar-refractivity contribution in [2.45, 2.75) is 33.3 Å². The van der Waals surface area contributed by atoms with Crippen LogP contribution in [-0.4, -0.2) is 6.10 Å². The fraction of sp³-hybridized carbons (Fsp3) is 0.417. The van der Waals surface area contributed by atoms with Gasteiger partial charge in [0.05, 0.1) is 18.6 Å². The summed E-state index contributed by atoms with van der Waals surface area (Å²) in [5.41, 5.74) is 2.19. The molecule has 0 atom stereocenters. The van der Waals surface area contributed by atoms with Crippen molar-refractivity contribution in [3.8, 4) is 11.8 Å². The molecule has 0 heterocycles. The van der Waals surface area contributed by atoms with Gasteiger partial charge in [-0.05, 0) is 44.0 Å². The smallest absolute Gasteiger partial charge is 0.119 e. The van der Waals surface area contributed by atoms with E-state index in [9.17, 15) is 0 Å². The van der Waals surface area contributed by atoms with Crippen molar-refractivity contribution < 1.29 is 4.74 Å². The van der Waals surface area contributed by atoms with Gasteiger partial charge in [0, 0.05) is 0 Å². The Morgan fingerprint density at radius 2 is 2.14 bits per heavy atom. The lowest BCUT2D eigenvalue weighted by molar-refractivity contribution is 0.242. The predicted molar refractivity (Wildman–Crippen MR) is 56.3 cm³/mol. The average molecular weight is 189 g/mol. The summed E-state index contributed by atoms with van der Waals surface area (Å²) in [6.07, 6.45) is 0.657. The van der Waals surface area contributed by atoms with Crippen LogP contribution in [-0.2, 0) is 6.42 Å². The SMILES string of the molecule is Cc1cc(OC(C)C)ccc1CC#N. The molecule has 74 valence electrons. The molecule has 1 aromatic rings. The van der Waals surface area contributed by atoms with E-state index in [2.05, 4.69) is 6.07 Å². The molecule has 1 rings (SSSR count). The van der Waals surface area contributed by atoms with Gasteiger partial charge < -0.3 is 4.74 Å². The van der Waals surface area contributed by atoms with Gasteiger partial charge in [0.2, 0.25) is 0 Å². The fourth-order valence-corrected chi connectivity index (χ4v) is 1.30. The zero-order valence-electron chi connectivity index (χ0n) is 8.87. The molecule has 0 N–H and O–H groups in total. The van der Waals surface area contributed by atoms with Gasteiger partial charge in [-0.3, -0.25) is 0 Å². The van der Waals surface area contributed by atoms with Gasteiger partial charge in [-0.2, -0.15) is 5.26 Å². The van der Waals surface area contributed by atoms with Crippen LogP contribution in [0.5, 0.6) is 5.75 Å². The molecule has 0 spiro atoms. The summed E-state index contributed by atoms with van der Waals surface area (Å²) < 4.78 is 5.55. The number of rotatable bonds is 3. The van der Waals surface area contributed by atoms with E-state index < -0.39 is 0 Å². The summed E-state index contributed by atoms with van der Waals surface area (Å²) in [4.78, 5) is 0. The number of hydrogen-bond acceptors (Lipinski definition) is 2. The highest BCUT2D eigenvalue weighted by Gasteiger charge is 2.01. The molecular weight excluding hydrogens is 174 g/mol. The van der Waals surface area contributed by atoms with Crippen molar-refractivity contribution in [3.05, 3.63) is 29.3 Å². The highest BCUT2D eigenvalue weighted by Crippen LogP contribution is 2.18. The Kier molecular flexibility index (Phi) is 3.53. The molecule has 0 bridgehead atoms. The summed E-state index contributed by atoms with van der Waals surface area (Å²) in [6, 6.07) is 7.99. The van der Waals surface area contributed by atoms with E-state index >= 15 is 0 Å². The van der Waals surface area contributed by atoms with Crippen molar-refractivity contribution in [1.29, 1.82) is 5.26 Å². The first kappa shape index (κ1) is 10.6. The van der Waals surface area contributed by atoms with Crippen LogP contribution in [0.15, 0.2) is 18.2 Å². The molecule has 2 nitrogen and oxygen atoms in total. The topological polar surface area (TPSA) is 33.0 Å². The van der Waals surface area contributed by atoms with Gasteiger partial charge in [0.1, 0.15) is 5.75 Å². The monoisotopic (exact) mass is 189 g/mol. The summed E-state index contributed by atoms with van der Waals surface area (Å²) in [6.45, 7) is 6.00. The first-order valence-corrected chi connectivity index (χ1v) is 4.76. The van der Waals surface area contributed by atoms with Crippen molar-refractivity contribution in [2.75, 3.05) is 0 Å². The third-order valence-corrected chi connectivity index (χ3v) is 1.96. The Morgan fingerprint density at radius 1 is 1.43 bits per heavy atom. The maximum Gasteiger partial charge on any atom is 0.119 e. The molecule has 0 saturated carbocycles. The highest BCUT2D eigenvalue weighted by molar-refractivity contribution is 5.36. The molecule has 0 radical (unpaired) electrons. The Hall–Kier alpha value is -1.49. The van der Waals surface area contributed by atoms with E-state index in [1.165, 1.54) is 0 Å². The molecule has 14 heavy (non-hydrogen) atoms. The summed E-state index contributed by atoms with van der Waals surface area (Å²) in [7, 11) is 0. The first-order valence-electron chi connectivity index (χ1n) is 4.76. The number of nitrogens with zero attached hydrogens (tertiary/aromatic N) is 1. The van der Waals surface area contributed by atoms with Crippen LogP contribution in [0.3, 0.4) is 0 Å². The molecule has 0 amide bonds. The molecular formula is C12H15NO. The Labute approximate surface area is 85.1 Å². The minimum Gasteiger partial charge on any atom is -0.491 e. The minimum absolute atomic E-state index is 0.191. The van der Waals surface area contributed by atoms with Gasteiger partial charge >= 0.3 is 0 Å².